The van der Waals surface area contributed by atoms with Crippen LogP contribution in [0.25, 0.3) is 0 Å². The molecule has 3 rings (SSSR count). The zero-order valence-electron chi connectivity index (χ0n) is 14.1. The third-order valence-corrected chi connectivity index (χ3v) is 5.96. The number of aryl methyl sites for hydroxylation is 2. The number of hydrogen-bond donors (Lipinski definition) is 1. The molecule has 0 bridgehead atoms. The van der Waals surface area contributed by atoms with Gasteiger partial charge >= 0.3 is 0 Å². The Hall–Kier alpha value is -1.85. The van der Waals surface area contributed by atoms with Crippen molar-refractivity contribution < 1.29 is 13.2 Å². The van der Waals surface area contributed by atoms with E-state index in [1.807, 2.05) is 19.9 Å². The van der Waals surface area contributed by atoms with Crippen LogP contribution in [0.3, 0.4) is 0 Å². The van der Waals surface area contributed by atoms with E-state index in [-0.39, 0.29) is 10.9 Å². The van der Waals surface area contributed by atoms with Gasteiger partial charge in [0, 0.05) is 6.04 Å². The summed E-state index contributed by atoms with van der Waals surface area (Å²) in [5, 5.41) is 0. The lowest BCUT2D eigenvalue weighted by atomic mass is 10.0. The predicted molar refractivity (Wildman–Crippen MR) is 94.8 cm³/mol. The lowest BCUT2D eigenvalue weighted by Gasteiger charge is -2.16. The Morgan fingerprint density at radius 1 is 1.08 bits per heavy atom. The summed E-state index contributed by atoms with van der Waals surface area (Å²) in [5.41, 5.74) is 3.74. The van der Waals surface area contributed by atoms with Crippen LogP contribution in [0.4, 0.5) is 0 Å². The molecular weight excluding hydrogens is 322 g/mol. The van der Waals surface area contributed by atoms with Gasteiger partial charge in [0.2, 0.25) is 10.0 Å². The van der Waals surface area contributed by atoms with E-state index < -0.39 is 10.0 Å². The van der Waals surface area contributed by atoms with E-state index in [0.29, 0.717) is 12.4 Å². The minimum atomic E-state index is -3.56. The molecule has 0 aromatic heterocycles. The minimum absolute atomic E-state index is 0.249. The molecule has 0 fully saturated rings. The number of benzene rings is 2. The smallest absolute Gasteiger partial charge is 0.241 e. The molecule has 128 valence electrons. The Kier molecular flexibility index (Phi) is 4.92. The van der Waals surface area contributed by atoms with Gasteiger partial charge in [0.15, 0.2) is 0 Å². The zero-order chi connectivity index (χ0) is 17.2. The quantitative estimate of drug-likeness (QED) is 0.870. The van der Waals surface area contributed by atoms with Gasteiger partial charge in [-0.3, -0.25) is 0 Å². The van der Waals surface area contributed by atoms with Crippen LogP contribution < -0.4 is 9.46 Å². The normalized spacial score (nSPS) is 15.1. The van der Waals surface area contributed by atoms with Gasteiger partial charge in [-0.15, -0.1) is 0 Å². The predicted octanol–water partition coefficient (Wildman–Crippen LogP) is 3.61. The zero-order valence-corrected chi connectivity index (χ0v) is 14.9. The Morgan fingerprint density at radius 2 is 1.79 bits per heavy atom. The molecule has 0 amide bonds. The van der Waals surface area contributed by atoms with E-state index in [0.717, 1.165) is 18.4 Å². The van der Waals surface area contributed by atoms with Crippen LogP contribution in [0.15, 0.2) is 47.4 Å². The lowest BCUT2D eigenvalue weighted by Crippen LogP contribution is -2.27. The molecule has 1 unspecified atom stereocenters. The fraction of sp³-hybridized carbons (Fsp3) is 0.368. The highest BCUT2D eigenvalue weighted by Crippen LogP contribution is 2.26. The van der Waals surface area contributed by atoms with E-state index in [4.69, 9.17) is 4.74 Å². The summed E-state index contributed by atoms with van der Waals surface area (Å²) in [6.45, 7) is 4.33. The molecule has 0 aliphatic heterocycles. The van der Waals surface area contributed by atoms with Crippen LogP contribution >= 0.6 is 0 Å². The third-order valence-electron chi connectivity index (χ3n) is 4.40. The first kappa shape index (κ1) is 17.0. The van der Waals surface area contributed by atoms with E-state index in [9.17, 15) is 8.42 Å². The maximum Gasteiger partial charge on any atom is 0.241 e. The average Bonchev–Trinajstić information content (AvgIpc) is 3.03. The van der Waals surface area contributed by atoms with Gasteiger partial charge in [0.05, 0.1) is 11.5 Å². The van der Waals surface area contributed by atoms with Gasteiger partial charge < -0.3 is 4.74 Å². The Balaban J connectivity index is 1.76. The molecule has 0 saturated heterocycles. The van der Waals surface area contributed by atoms with Crippen LogP contribution in [0, 0.1) is 0 Å². The average molecular weight is 345 g/mol. The molecule has 1 aliphatic carbocycles. The molecule has 5 heteroatoms. The number of sulfonamides is 1. The summed E-state index contributed by atoms with van der Waals surface area (Å²) in [6.07, 6.45) is 3.40. The third kappa shape index (κ3) is 3.62. The summed E-state index contributed by atoms with van der Waals surface area (Å²) in [6, 6.07) is 12.5. The SMILES string of the molecule is CCOc1ccc(S(=O)(=O)NC(C)c2ccc3c(c2)CCC3)cc1. The first-order valence-electron chi connectivity index (χ1n) is 8.36. The maximum absolute atomic E-state index is 12.6. The number of hydrogen-bond acceptors (Lipinski definition) is 3. The van der Waals surface area contributed by atoms with Gasteiger partial charge in [0.1, 0.15) is 5.75 Å². The highest BCUT2D eigenvalue weighted by molar-refractivity contribution is 7.89. The number of ether oxygens (including phenoxy) is 1. The van der Waals surface area contributed by atoms with Crippen molar-refractivity contribution in [2.45, 2.75) is 44.0 Å². The molecule has 4 nitrogen and oxygen atoms in total. The van der Waals surface area contributed by atoms with Crippen molar-refractivity contribution in [3.8, 4) is 5.75 Å². The molecule has 1 atom stereocenters. The highest BCUT2D eigenvalue weighted by Gasteiger charge is 2.20. The molecule has 2 aromatic carbocycles. The van der Waals surface area contributed by atoms with Gasteiger partial charge in [-0.25, -0.2) is 13.1 Å². The molecule has 1 N–H and O–H groups in total. The molecule has 0 radical (unpaired) electrons. The van der Waals surface area contributed by atoms with Crippen LogP contribution in [-0.4, -0.2) is 15.0 Å². The van der Waals surface area contributed by atoms with E-state index in [1.165, 1.54) is 17.5 Å². The van der Waals surface area contributed by atoms with E-state index in [1.54, 1.807) is 24.3 Å². The topological polar surface area (TPSA) is 55.4 Å². The molecule has 1 aliphatic rings. The first-order valence-corrected chi connectivity index (χ1v) is 9.85. The summed E-state index contributed by atoms with van der Waals surface area (Å²) in [5.74, 6) is 0.670. The summed E-state index contributed by atoms with van der Waals surface area (Å²) in [4.78, 5) is 0.249. The van der Waals surface area contributed by atoms with Gasteiger partial charge in [-0.1, -0.05) is 18.2 Å². The standard InChI is InChI=1S/C19H23NO3S/c1-3-23-18-9-11-19(12-10-18)24(21,22)20-14(2)16-8-7-15-5-4-6-17(15)13-16/h7-14,20H,3-6H2,1-2H3. The molecule has 0 spiro atoms. The second kappa shape index (κ2) is 6.95. The molecule has 0 saturated carbocycles. The van der Waals surface area contributed by atoms with Crippen molar-refractivity contribution in [1.82, 2.24) is 4.72 Å². The fourth-order valence-corrected chi connectivity index (χ4v) is 4.34. The lowest BCUT2D eigenvalue weighted by molar-refractivity contribution is 0.340. The van der Waals surface area contributed by atoms with Crippen molar-refractivity contribution in [3.05, 3.63) is 59.2 Å². The van der Waals surface area contributed by atoms with Gasteiger partial charge in [-0.05, 0) is 74.1 Å². The van der Waals surface area contributed by atoms with Crippen LogP contribution in [0.5, 0.6) is 5.75 Å². The van der Waals surface area contributed by atoms with Crippen molar-refractivity contribution in [3.63, 3.8) is 0 Å². The second-order valence-electron chi connectivity index (χ2n) is 6.13. The Bertz CT molecular complexity index is 813. The van der Waals surface area contributed by atoms with Crippen molar-refractivity contribution in [2.24, 2.45) is 0 Å². The van der Waals surface area contributed by atoms with Crippen molar-refractivity contribution >= 4 is 10.0 Å². The number of fused-ring (bicyclic) bond motifs is 1. The minimum Gasteiger partial charge on any atom is -0.494 e. The Morgan fingerprint density at radius 3 is 2.50 bits per heavy atom. The Labute approximate surface area is 143 Å². The van der Waals surface area contributed by atoms with E-state index in [2.05, 4.69) is 16.9 Å². The first-order chi connectivity index (χ1) is 11.5. The van der Waals surface area contributed by atoms with Gasteiger partial charge in [-0.2, -0.15) is 0 Å². The van der Waals surface area contributed by atoms with Crippen LogP contribution in [-0.2, 0) is 22.9 Å². The maximum atomic E-state index is 12.6. The molecule has 0 heterocycles. The summed E-state index contributed by atoms with van der Waals surface area (Å²) < 4.78 is 33.2. The molecular formula is C19H23NO3S. The van der Waals surface area contributed by atoms with Crippen LogP contribution in [0.1, 0.15) is 43.0 Å². The summed E-state index contributed by atoms with van der Waals surface area (Å²) >= 11 is 0. The largest absolute Gasteiger partial charge is 0.494 e. The fourth-order valence-electron chi connectivity index (χ4n) is 3.11. The van der Waals surface area contributed by atoms with Gasteiger partial charge in [0.25, 0.3) is 0 Å². The second-order valence-corrected chi connectivity index (χ2v) is 7.84. The summed E-state index contributed by atoms with van der Waals surface area (Å²) in [7, 11) is -3.56. The molecule has 24 heavy (non-hydrogen) atoms. The van der Waals surface area contributed by atoms with Crippen molar-refractivity contribution in [1.29, 1.82) is 0 Å². The van der Waals surface area contributed by atoms with E-state index >= 15 is 0 Å². The van der Waals surface area contributed by atoms with Crippen LogP contribution in [0.2, 0.25) is 0 Å². The molecule has 2 aromatic rings. The highest BCUT2D eigenvalue weighted by atomic mass is 32.2. The monoisotopic (exact) mass is 345 g/mol. The number of rotatable bonds is 6. The van der Waals surface area contributed by atoms with Crippen molar-refractivity contribution in [2.75, 3.05) is 6.61 Å². The number of nitrogens with one attached hydrogen (secondary N) is 1.